The third-order valence-electron chi connectivity index (χ3n) is 1.11. The lowest BCUT2D eigenvalue weighted by molar-refractivity contribution is 0.763. The molecular weight excluding hydrogens is 106 g/mol. The van der Waals surface area contributed by atoms with E-state index in [9.17, 15) is 0 Å². The highest BCUT2D eigenvalue weighted by Crippen LogP contribution is 2.21. The second-order valence-corrected chi connectivity index (χ2v) is 2.84. The molecule has 0 saturated carbocycles. The Balaban J connectivity index is 2.31. The highest BCUT2D eigenvalue weighted by molar-refractivity contribution is 7.99. The van der Waals surface area contributed by atoms with Crippen molar-refractivity contribution in [1.82, 2.24) is 0 Å². The van der Waals surface area contributed by atoms with Crippen molar-refractivity contribution in [3.8, 4) is 6.07 Å². The van der Waals surface area contributed by atoms with Crippen LogP contribution in [0, 0.1) is 17.2 Å². The minimum atomic E-state index is 0.366. The molecule has 0 radical (unpaired) electrons. The Hall–Kier alpha value is -0.160. The number of hydrogen-bond acceptors (Lipinski definition) is 2. The Kier molecular flexibility index (Phi) is 1.59. The standard InChI is InChI=1S/C5H7NS/c6-3-5-1-2-7-4-5/h5H,1-2,4H2/t5-/m0/s1. The van der Waals surface area contributed by atoms with Gasteiger partial charge in [-0.25, -0.2) is 0 Å². The number of thioether (sulfide) groups is 1. The molecule has 38 valence electrons. The number of nitriles is 1. The van der Waals surface area contributed by atoms with Crippen LogP contribution in [0.2, 0.25) is 0 Å². The lowest BCUT2D eigenvalue weighted by Crippen LogP contribution is -1.89. The second-order valence-electron chi connectivity index (χ2n) is 1.69. The van der Waals surface area contributed by atoms with Crippen LogP contribution in [0.1, 0.15) is 6.42 Å². The lowest BCUT2D eigenvalue weighted by atomic mass is 10.2. The fourth-order valence-electron chi connectivity index (χ4n) is 0.636. The molecule has 0 N–H and O–H groups in total. The van der Waals surface area contributed by atoms with E-state index in [1.54, 1.807) is 0 Å². The van der Waals surface area contributed by atoms with Crippen LogP contribution in [0.5, 0.6) is 0 Å². The Morgan fingerprint density at radius 2 is 2.57 bits per heavy atom. The third-order valence-corrected chi connectivity index (χ3v) is 2.27. The van der Waals surface area contributed by atoms with Crippen LogP contribution in [-0.2, 0) is 0 Å². The van der Waals surface area contributed by atoms with Gasteiger partial charge in [-0.2, -0.15) is 17.0 Å². The van der Waals surface area contributed by atoms with Crippen molar-refractivity contribution >= 4 is 11.8 Å². The van der Waals surface area contributed by atoms with Crippen LogP contribution in [0.15, 0.2) is 0 Å². The molecular formula is C5H7NS. The highest BCUT2D eigenvalue weighted by atomic mass is 32.2. The van der Waals surface area contributed by atoms with E-state index in [4.69, 9.17) is 5.26 Å². The van der Waals surface area contributed by atoms with E-state index < -0.39 is 0 Å². The van der Waals surface area contributed by atoms with Crippen LogP contribution in [0.3, 0.4) is 0 Å². The summed E-state index contributed by atoms with van der Waals surface area (Å²) in [5, 5.41) is 8.30. The minimum absolute atomic E-state index is 0.366. The van der Waals surface area contributed by atoms with E-state index in [1.807, 2.05) is 11.8 Å². The van der Waals surface area contributed by atoms with Crippen molar-refractivity contribution in [2.45, 2.75) is 6.42 Å². The summed E-state index contributed by atoms with van der Waals surface area (Å²) in [6.07, 6.45) is 1.11. The van der Waals surface area contributed by atoms with E-state index in [-0.39, 0.29) is 0 Å². The number of nitrogens with zero attached hydrogens (tertiary/aromatic N) is 1. The van der Waals surface area contributed by atoms with Gasteiger partial charge in [0, 0.05) is 5.75 Å². The molecule has 0 bridgehead atoms. The molecule has 1 heterocycles. The van der Waals surface area contributed by atoms with E-state index in [1.165, 1.54) is 5.75 Å². The van der Waals surface area contributed by atoms with E-state index in [0.29, 0.717) is 5.92 Å². The van der Waals surface area contributed by atoms with Crippen LogP contribution in [-0.4, -0.2) is 11.5 Å². The molecule has 1 atom stereocenters. The fourth-order valence-corrected chi connectivity index (χ4v) is 1.78. The zero-order valence-electron chi connectivity index (χ0n) is 4.05. The summed E-state index contributed by atoms with van der Waals surface area (Å²) in [7, 11) is 0. The molecule has 1 aliphatic rings. The summed E-state index contributed by atoms with van der Waals surface area (Å²) < 4.78 is 0. The molecule has 1 rings (SSSR count). The summed E-state index contributed by atoms with van der Waals surface area (Å²) in [4.78, 5) is 0. The lowest BCUT2D eigenvalue weighted by Gasteiger charge is -1.86. The van der Waals surface area contributed by atoms with Gasteiger partial charge in [-0.3, -0.25) is 0 Å². The molecule has 0 aromatic heterocycles. The fraction of sp³-hybridized carbons (Fsp3) is 0.800. The van der Waals surface area contributed by atoms with Crippen molar-refractivity contribution in [3.05, 3.63) is 0 Å². The zero-order chi connectivity index (χ0) is 5.11. The van der Waals surface area contributed by atoms with Gasteiger partial charge in [-0.15, -0.1) is 0 Å². The Labute approximate surface area is 47.7 Å². The van der Waals surface area contributed by atoms with Crippen molar-refractivity contribution in [2.75, 3.05) is 11.5 Å². The largest absolute Gasteiger partial charge is 0.198 e. The zero-order valence-corrected chi connectivity index (χ0v) is 4.87. The minimum Gasteiger partial charge on any atom is -0.198 e. The third kappa shape index (κ3) is 1.10. The van der Waals surface area contributed by atoms with Gasteiger partial charge in [0.15, 0.2) is 0 Å². The topological polar surface area (TPSA) is 23.8 Å². The van der Waals surface area contributed by atoms with E-state index in [0.717, 1.165) is 12.2 Å². The second kappa shape index (κ2) is 2.23. The Morgan fingerprint density at radius 1 is 1.71 bits per heavy atom. The van der Waals surface area contributed by atoms with Crippen LogP contribution >= 0.6 is 11.8 Å². The molecule has 1 aliphatic heterocycles. The molecule has 0 unspecified atom stereocenters. The van der Waals surface area contributed by atoms with Gasteiger partial charge >= 0.3 is 0 Å². The number of hydrogen-bond donors (Lipinski definition) is 0. The maximum Gasteiger partial charge on any atom is 0.0664 e. The van der Waals surface area contributed by atoms with Gasteiger partial charge in [-0.1, -0.05) is 0 Å². The average molecular weight is 113 g/mol. The molecule has 0 amide bonds. The molecule has 0 aliphatic carbocycles. The van der Waals surface area contributed by atoms with Gasteiger partial charge in [0.25, 0.3) is 0 Å². The Morgan fingerprint density at radius 3 is 2.86 bits per heavy atom. The molecule has 1 fully saturated rings. The summed E-state index contributed by atoms with van der Waals surface area (Å²) in [6, 6.07) is 2.24. The molecule has 7 heavy (non-hydrogen) atoms. The predicted octanol–water partition coefficient (Wildman–Crippen LogP) is 1.26. The molecule has 1 saturated heterocycles. The van der Waals surface area contributed by atoms with E-state index in [2.05, 4.69) is 6.07 Å². The van der Waals surface area contributed by atoms with Crippen molar-refractivity contribution in [1.29, 1.82) is 5.26 Å². The number of rotatable bonds is 0. The van der Waals surface area contributed by atoms with Crippen LogP contribution < -0.4 is 0 Å². The SMILES string of the molecule is N#C[C@@H]1CCSC1. The molecule has 0 spiro atoms. The summed E-state index contributed by atoms with van der Waals surface area (Å²) in [6.45, 7) is 0. The molecule has 1 nitrogen and oxygen atoms in total. The molecule has 0 aromatic carbocycles. The normalized spacial score (nSPS) is 29.9. The van der Waals surface area contributed by atoms with Crippen LogP contribution in [0.25, 0.3) is 0 Å². The molecule has 0 aromatic rings. The maximum atomic E-state index is 8.30. The quantitative estimate of drug-likeness (QED) is 0.472. The predicted molar refractivity (Wildman–Crippen MR) is 31.0 cm³/mol. The summed E-state index contributed by atoms with van der Waals surface area (Å²) in [5.74, 6) is 2.62. The monoisotopic (exact) mass is 113 g/mol. The van der Waals surface area contributed by atoms with Crippen molar-refractivity contribution in [2.24, 2.45) is 5.92 Å². The first kappa shape index (κ1) is 4.99. The van der Waals surface area contributed by atoms with Gasteiger partial charge in [0.2, 0.25) is 0 Å². The van der Waals surface area contributed by atoms with Crippen molar-refractivity contribution < 1.29 is 0 Å². The maximum absolute atomic E-state index is 8.30. The highest BCUT2D eigenvalue weighted by Gasteiger charge is 2.12. The van der Waals surface area contributed by atoms with Gasteiger partial charge in [0.1, 0.15) is 0 Å². The summed E-state index contributed by atoms with van der Waals surface area (Å²) >= 11 is 1.88. The summed E-state index contributed by atoms with van der Waals surface area (Å²) in [5.41, 5.74) is 0. The van der Waals surface area contributed by atoms with Crippen LogP contribution in [0.4, 0.5) is 0 Å². The first-order valence-electron chi connectivity index (χ1n) is 2.41. The molecule has 2 heteroatoms. The Bertz CT molecular complexity index is 88.7. The average Bonchev–Trinajstić information content (AvgIpc) is 2.14. The van der Waals surface area contributed by atoms with Gasteiger partial charge < -0.3 is 0 Å². The van der Waals surface area contributed by atoms with Gasteiger partial charge in [0.05, 0.1) is 12.0 Å². The first-order chi connectivity index (χ1) is 3.43. The van der Waals surface area contributed by atoms with Crippen molar-refractivity contribution in [3.63, 3.8) is 0 Å². The van der Waals surface area contributed by atoms with E-state index >= 15 is 0 Å². The van der Waals surface area contributed by atoms with Gasteiger partial charge in [-0.05, 0) is 12.2 Å². The first-order valence-corrected chi connectivity index (χ1v) is 3.56. The smallest absolute Gasteiger partial charge is 0.0664 e.